The summed E-state index contributed by atoms with van der Waals surface area (Å²) in [6.07, 6.45) is 0. The molecular formula is C21H21N3O3. The van der Waals surface area contributed by atoms with Gasteiger partial charge in [0.1, 0.15) is 6.04 Å². The summed E-state index contributed by atoms with van der Waals surface area (Å²) in [5, 5.41) is 6.43. The number of carbonyl (C=O) groups excluding carboxylic acids is 2. The minimum atomic E-state index is -0.682. The number of aryl methyl sites for hydroxylation is 1. The fourth-order valence-corrected chi connectivity index (χ4v) is 3.07. The Morgan fingerprint density at radius 2 is 1.56 bits per heavy atom. The lowest BCUT2D eigenvalue weighted by atomic mass is 10.1. The van der Waals surface area contributed by atoms with Crippen molar-refractivity contribution < 1.29 is 9.59 Å². The number of hydrogen-bond acceptors (Lipinski definition) is 3. The highest BCUT2D eigenvalue weighted by molar-refractivity contribution is 5.95. The normalized spacial score (nSPS) is 11.8. The predicted octanol–water partition coefficient (Wildman–Crippen LogP) is 3.47. The Morgan fingerprint density at radius 1 is 0.963 bits per heavy atom. The number of para-hydroxylation sites is 1. The number of anilines is 2. The van der Waals surface area contributed by atoms with Gasteiger partial charge < -0.3 is 10.6 Å². The van der Waals surface area contributed by atoms with Gasteiger partial charge in [-0.2, -0.15) is 0 Å². The van der Waals surface area contributed by atoms with Crippen LogP contribution in [0.25, 0.3) is 10.9 Å². The molecule has 0 aliphatic heterocycles. The quantitative estimate of drug-likeness (QED) is 0.745. The van der Waals surface area contributed by atoms with Crippen molar-refractivity contribution in [2.24, 2.45) is 0 Å². The lowest BCUT2D eigenvalue weighted by Gasteiger charge is -2.18. The second-order valence-electron chi connectivity index (χ2n) is 6.48. The molecule has 1 aromatic heterocycles. The molecule has 6 nitrogen and oxygen atoms in total. The summed E-state index contributed by atoms with van der Waals surface area (Å²) in [5.41, 5.74) is 2.63. The average Bonchev–Trinajstić information content (AvgIpc) is 2.62. The van der Waals surface area contributed by atoms with E-state index in [-0.39, 0.29) is 17.4 Å². The van der Waals surface area contributed by atoms with Gasteiger partial charge in [-0.25, -0.2) is 0 Å². The fraction of sp³-hybridized carbons (Fsp3) is 0.190. The molecule has 1 atom stereocenters. The molecule has 0 spiro atoms. The van der Waals surface area contributed by atoms with Gasteiger partial charge in [0.2, 0.25) is 11.8 Å². The van der Waals surface area contributed by atoms with Crippen molar-refractivity contribution in [3.8, 4) is 0 Å². The van der Waals surface area contributed by atoms with Crippen LogP contribution in [0.3, 0.4) is 0 Å². The summed E-state index contributed by atoms with van der Waals surface area (Å²) in [6, 6.07) is 15.2. The molecule has 138 valence electrons. The van der Waals surface area contributed by atoms with Crippen molar-refractivity contribution in [1.82, 2.24) is 4.57 Å². The van der Waals surface area contributed by atoms with Crippen LogP contribution in [-0.2, 0) is 9.59 Å². The number of amides is 2. The summed E-state index contributed by atoms with van der Waals surface area (Å²) in [6.45, 7) is 5.01. The van der Waals surface area contributed by atoms with Crippen molar-refractivity contribution >= 4 is 34.1 Å². The van der Waals surface area contributed by atoms with Gasteiger partial charge in [-0.05, 0) is 49.7 Å². The van der Waals surface area contributed by atoms with E-state index >= 15 is 0 Å². The maximum absolute atomic E-state index is 12.7. The van der Waals surface area contributed by atoms with E-state index in [9.17, 15) is 14.4 Å². The molecule has 3 aromatic rings. The lowest BCUT2D eigenvalue weighted by Crippen LogP contribution is -2.31. The maximum atomic E-state index is 12.7. The van der Waals surface area contributed by atoms with Crippen molar-refractivity contribution in [3.63, 3.8) is 0 Å². The van der Waals surface area contributed by atoms with Crippen molar-refractivity contribution in [2.75, 3.05) is 10.6 Å². The highest BCUT2D eigenvalue weighted by atomic mass is 16.2. The van der Waals surface area contributed by atoms with Gasteiger partial charge in [0, 0.05) is 29.8 Å². The van der Waals surface area contributed by atoms with Gasteiger partial charge in [0.15, 0.2) is 0 Å². The summed E-state index contributed by atoms with van der Waals surface area (Å²) in [5.74, 6) is -0.454. The number of nitrogens with one attached hydrogen (secondary N) is 2. The van der Waals surface area contributed by atoms with Crippen LogP contribution in [0, 0.1) is 6.92 Å². The molecule has 2 amide bonds. The van der Waals surface area contributed by atoms with Crippen LogP contribution in [0.15, 0.2) is 59.4 Å². The number of aromatic nitrogens is 1. The largest absolute Gasteiger partial charge is 0.326 e. The summed E-state index contributed by atoms with van der Waals surface area (Å²) in [4.78, 5) is 36.3. The van der Waals surface area contributed by atoms with E-state index in [1.807, 2.05) is 31.2 Å². The molecule has 0 bridgehead atoms. The predicted molar refractivity (Wildman–Crippen MR) is 107 cm³/mol. The second kappa shape index (κ2) is 7.45. The number of fused-ring (bicyclic) bond motifs is 1. The van der Waals surface area contributed by atoms with Crippen LogP contribution < -0.4 is 16.2 Å². The minimum absolute atomic E-state index is 0.161. The van der Waals surface area contributed by atoms with E-state index in [4.69, 9.17) is 0 Å². The Balaban J connectivity index is 1.87. The second-order valence-corrected chi connectivity index (χ2v) is 6.48. The Morgan fingerprint density at radius 3 is 2.19 bits per heavy atom. The van der Waals surface area contributed by atoms with Gasteiger partial charge in [0.25, 0.3) is 5.56 Å². The van der Waals surface area contributed by atoms with Gasteiger partial charge in [0.05, 0.1) is 5.52 Å². The first kappa shape index (κ1) is 18.4. The Hall–Kier alpha value is -3.41. The van der Waals surface area contributed by atoms with Crippen molar-refractivity contribution in [2.45, 2.75) is 26.8 Å². The Labute approximate surface area is 156 Å². The molecule has 0 fully saturated rings. The first-order valence-corrected chi connectivity index (χ1v) is 8.66. The smallest absolute Gasteiger partial charge is 0.252 e. The number of rotatable bonds is 4. The zero-order chi connectivity index (χ0) is 19.6. The van der Waals surface area contributed by atoms with Crippen LogP contribution in [0.2, 0.25) is 0 Å². The van der Waals surface area contributed by atoms with Gasteiger partial charge in [-0.3, -0.25) is 19.0 Å². The van der Waals surface area contributed by atoms with Crippen LogP contribution in [0.4, 0.5) is 11.4 Å². The fourth-order valence-electron chi connectivity index (χ4n) is 3.07. The van der Waals surface area contributed by atoms with Crippen molar-refractivity contribution in [1.29, 1.82) is 0 Å². The molecule has 0 radical (unpaired) electrons. The van der Waals surface area contributed by atoms with E-state index < -0.39 is 6.04 Å². The summed E-state index contributed by atoms with van der Waals surface area (Å²) >= 11 is 0. The van der Waals surface area contributed by atoms with E-state index in [0.717, 1.165) is 16.5 Å². The highest BCUT2D eigenvalue weighted by Gasteiger charge is 2.19. The number of hydrogen-bond donors (Lipinski definition) is 2. The van der Waals surface area contributed by atoms with E-state index in [1.54, 1.807) is 37.3 Å². The number of nitrogens with zero attached hydrogens (tertiary/aromatic N) is 1. The Kier molecular flexibility index (Phi) is 5.07. The third-order valence-corrected chi connectivity index (χ3v) is 4.41. The molecular weight excluding hydrogens is 342 g/mol. The first-order valence-electron chi connectivity index (χ1n) is 8.66. The van der Waals surface area contributed by atoms with Crippen LogP contribution in [0.5, 0.6) is 0 Å². The molecule has 2 aromatic carbocycles. The maximum Gasteiger partial charge on any atom is 0.252 e. The van der Waals surface area contributed by atoms with Crippen molar-refractivity contribution in [3.05, 3.63) is 70.5 Å². The minimum Gasteiger partial charge on any atom is -0.326 e. The molecule has 0 aliphatic carbocycles. The van der Waals surface area contributed by atoms with E-state index in [1.165, 1.54) is 11.5 Å². The van der Waals surface area contributed by atoms with Crippen LogP contribution in [0.1, 0.15) is 25.5 Å². The molecule has 0 saturated carbocycles. The molecule has 6 heteroatoms. The lowest BCUT2D eigenvalue weighted by molar-refractivity contribution is -0.118. The molecule has 2 N–H and O–H groups in total. The first-order chi connectivity index (χ1) is 12.9. The number of carbonyl (C=O) groups is 2. The number of benzene rings is 2. The SMILES string of the molecule is CC(=O)Nc1ccc(NC(=O)C(C)n2c(=O)cc(C)c3ccccc32)cc1. The average molecular weight is 363 g/mol. The molecule has 27 heavy (non-hydrogen) atoms. The molecule has 0 aliphatic rings. The van der Waals surface area contributed by atoms with Gasteiger partial charge >= 0.3 is 0 Å². The topological polar surface area (TPSA) is 80.2 Å². The Bertz CT molecular complexity index is 1070. The van der Waals surface area contributed by atoms with Crippen LogP contribution in [-0.4, -0.2) is 16.4 Å². The number of pyridine rings is 1. The standard InChI is InChI=1S/C21H21N3O3/c1-13-12-20(26)24(19-7-5-4-6-18(13)19)14(2)21(27)23-17-10-8-16(9-11-17)22-15(3)25/h4-12,14H,1-3H3,(H,22,25)(H,23,27). The summed E-state index contributed by atoms with van der Waals surface area (Å²) in [7, 11) is 0. The third-order valence-electron chi connectivity index (χ3n) is 4.41. The molecule has 1 heterocycles. The zero-order valence-corrected chi connectivity index (χ0v) is 15.4. The highest BCUT2D eigenvalue weighted by Crippen LogP contribution is 2.21. The van der Waals surface area contributed by atoms with E-state index in [0.29, 0.717) is 11.4 Å². The van der Waals surface area contributed by atoms with Crippen LogP contribution >= 0.6 is 0 Å². The monoisotopic (exact) mass is 363 g/mol. The zero-order valence-electron chi connectivity index (χ0n) is 15.4. The molecule has 0 saturated heterocycles. The molecule has 3 rings (SSSR count). The van der Waals surface area contributed by atoms with Gasteiger partial charge in [-0.15, -0.1) is 0 Å². The van der Waals surface area contributed by atoms with Gasteiger partial charge in [-0.1, -0.05) is 18.2 Å². The summed E-state index contributed by atoms with van der Waals surface area (Å²) < 4.78 is 1.50. The third kappa shape index (κ3) is 3.89. The molecule has 1 unspecified atom stereocenters. The van der Waals surface area contributed by atoms with E-state index in [2.05, 4.69) is 10.6 Å².